The summed E-state index contributed by atoms with van der Waals surface area (Å²) in [7, 11) is -3.49. The average molecular weight is 415 g/mol. The molecule has 26 heavy (non-hydrogen) atoms. The quantitative estimate of drug-likeness (QED) is 0.725. The number of carbonyl (C=O) groups is 1. The van der Waals surface area contributed by atoms with Crippen molar-refractivity contribution in [2.45, 2.75) is 19.8 Å². The SMILES string of the molecule is Cc1c(Cl)cccc1N(CCCC(=O)Nc1ccc(Cl)cc1)S(C)(=O)=O. The number of rotatable bonds is 7. The van der Waals surface area contributed by atoms with Crippen molar-refractivity contribution in [3.8, 4) is 0 Å². The van der Waals surface area contributed by atoms with Gasteiger partial charge < -0.3 is 5.32 Å². The molecule has 0 aliphatic heterocycles. The van der Waals surface area contributed by atoms with Gasteiger partial charge in [-0.05, 0) is 55.3 Å². The summed E-state index contributed by atoms with van der Waals surface area (Å²) < 4.78 is 25.6. The molecular weight excluding hydrogens is 395 g/mol. The highest BCUT2D eigenvalue weighted by Crippen LogP contribution is 2.28. The van der Waals surface area contributed by atoms with Crippen LogP contribution in [0.1, 0.15) is 18.4 Å². The van der Waals surface area contributed by atoms with Crippen LogP contribution in [0, 0.1) is 6.92 Å². The summed E-state index contributed by atoms with van der Waals surface area (Å²) in [6.45, 7) is 1.96. The van der Waals surface area contributed by atoms with Gasteiger partial charge in [0.15, 0.2) is 0 Å². The van der Waals surface area contributed by atoms with E-state index in [4.69, 9.17) is 23.2 Å². The summed E-state index contributed by atoms with van der Waals surface area (Å²) in [5.41, 5.74) is 1.85. The van der Waals surface area contributed by atoms with Crippen molar-refractivity contribution in [2.24, 2.45) is 0 Å². The molecule has 0 unspecified atom stereocenters. The summed E-state index contributed by atoms with van der Waals surface area (Å²) in [5, 5.41) is 3.84. The third-order valence-corrected chi connectivity index (χ3v) is 5.64. The predicted molar refractivity (Wildman–Crippen MR) is 108 cm³/mol. The number of halogens is 2. The topological polar surface area (TPSA) is 66.5 Å². The Kier molecular flexibility index (Phi) is 6.92. The molecule has 0 atom stereocenters. The molecule has 0 radical (unpaired) electrons. The van der Waals surface area contributed by atoms with Gasteiger partial charge in [-0.1, -0.05) is 29.3 Å². The maximum Gasteiger partial charge on any atom is 0.232 e. The van der Waals surface area contributed by atoms with Crippen LogP contribution in [0.15, 0.2) is 42.5 Å². The molecule has 0 heterocycles. The molecule has 140 valence electrons. The Hall–Kier alpha value is -1.76. The molecule has 0 aliphatic rings. The highest BCUT2D eigenvalue weighted by Gasteiger charge is 2.20. The highest BCUT2D eigenvalue weighted by atomic mass is 35.5. The van der Waals surface area contributed by atoms with E-state index in [0.29, 0.717) is 33.4 Å². The number of sulfonamides is 1. The van der Waals surface area contributed by atoms with Crippen LogP contribution in [0.5, 0.6) is 0 Å². The monoisotopic (exact) mass is 414 g/mol. The number of anilines is 2. The molecule has 0 saturated carbocycles. The Balaban J connectivity index is 2.01. The van der Waals surface area contributed by atoms with Crippen LogP contribution in [0.2, 0.25) is 10.0 Å². The van der Waals surface area contributed by atoms with E-state index in [0.717, 1.165) is 6.26 Å². The zero-order valence-electron chi connectivity index (χ0n) is 14.5. The van der Waals surface area contributed by atoms with E-state index < -0.39 is 10.0 Å². The second-order valence-corrected chi connectivity index (χ2v) is 8.63. The lowest BCUT2D eigenvalue weighted by atomic mass is 10.2. The van der Waals surface area contributed by atoms with Crippen LogP contribution in [0.4, 0.5) is 11.4 Å². The Labute approximate surface area is 164 Å². The number of nitrogens with zero attached hydrogens (tertiary/aromatic N) is 1. The predicted octanol–water partition coefficient (Wildman–Crippen LogP) is 4.49. The van der Waals surface area contributed by atoms with Crippen molar-refractivity contribution in [3.05, 3.63) is 58.1 Å². The van der Waals surface area contributed by atoms with E-state index in [2.05, 4.69) is 5.32 Å². The highest BCUT2D eigenvalue weighted by molar-refractivity contribution is 7.92. The number of nitrogens with one attached hydrogen (secondary N) is 1. The standard InChI is InChI=1S/C18H20Cl2N2O3S/c1-13-16(20)5-3-6-17(13)22(26(2,24)25)12-4-7-18(23)21-15-10-8-14(19)9-11-15/h3,5-6,8-11H,4,7,12H2,1-2H3,(H,21,23). The zero-order chi connectivity index (χ0) is 19.3. The van der Waals surface area contributed by atoms with Crippen molar-refractivity contribution in [2.75, 3.05) is 22.4 Å². The summed E-state index contributed by atoms with van der Waals surface area (Å²) in [4.78, 5) is 12.1. The molecular formula is C18H20Cl2N2O3S. The summed E-state index contributed by atoms with van der Waals surface area (Å²) in [6, 6.07) is 11.9. The number of amides is 1. The number of benzene rings is 2. The maximum absolute atomic E-state index is 12.2. The van der Waals surface area contributed by atoms with Crippen molar-refractivity contribution in [1.82, 2.24) is 0 Å². The first kappa shape index (κ1) is 20.6. The molecule has 0 saturated heterocycles. The largest absolute Gasteiger partial charge is 0.326 e. The molecule has 0 bridgehead atoms. The first-order chi connectivity index (χ1) is 12.2. The first-order valence-corrected chi connectivity index (χ1v) is 10.6. The lowest BCUT2D eigenvalue weighted by molar-refractivity contribution is -0.116. The molecule has 1 N–H and O–H groups in total. The average Bonchev–Trinajstić information content (AvgIpc) is 2.56. The lowest BCUT2D eigenvalue weighted by Crippen LogP contribution is -2.32. The molecule has 0 spiro atoms. The molecule has 0 aromatic heterocycles. The van der Waals surface area contributed by atoms with E-state index >= 15 is 0 Å². The minimum absolute atomic E-state index is 0.189. The Morgan fingerprint density at radius 1 is 1.12 bits per heavy atom. The van der Waals surface area contributed by atoms with Gasteiger partial charge in [0.05, 0.1) is 11.9 Å². The van der Waals surface area contributed by atoms with Crippen molar-refractivity contribution in [1.29, 1.82) is 0 Å². The maximum atomic E-state index is 12.2. The molecule has 0 fully saturated rings. The third kappa shape index (κ3) is 5.62. The summed E-state index contributed by atoms with van der Waals surface area (Å²) >= 11 is 11.9. The molecule has 2 rings (SSSR count). The third-order valence-electron chi connectivity index (χ3n) is 3.80. The second-order valence-electron chi connectivity index (χ2n) is 5.88. The van der Waals surface area contributed by atoms with Gasteiger partial charge in [0, 0.05) is 28.7 Å². The molecule has 2 aromatic carbocycles. The van der Waals surface area contributed by atoms with E-state index in [1.165, 1.54) is 4.31 Å². The van der Waals surface area contributed by atoms with Crippen LogP contribution >= 0.6 is 23.2 Å². The minimum atomic E-state index is -3.49. The first-order valence-electron chi connectivity index (χ1n) is 7.97. The van der Waals surface area contributed by atoms with Gasteiger partial charge in [-0.3, -0.25) is 9.10 Å². The molecule has 0 aliphatic carbocycles. The van der Waals surface area contributed by atoms with Crippen LogP contribution in [-0.2, 0) is 14.8 Å². The summed E-state index contributed by atoms with van der Waals surface area (Å²) in [6.07, 6.45) is 1.70. The molecule has 1 amide bonds. The van der Waals surface area contributed by atoms with E-state index in [9.17, 15) is 13.2 Å². The van der Waals surface area contributed by atoms with Gasteiger partial charge in [-0.25, -0.2) is 8.42 Å². The van der Waals surface area contributed by atoms with Gasteiger partial charge in [-0.15, -0.1) is 0 Å². The fraction of sp³-hybridized carbons (Fsp3) is 0.278. The van der Waals surface area contributed by atoms with Crippen molar-refractivity contribution in [3.63, 3.8) is 0 Å². The van der Waals surface area contributed by atoms with E-state index in [1.807, 2.05) is 0 Å². The minimum Gasteiger partial charge on any atom is -0.326 e. The Morgan fingerprint density at radius 3 is 2.38 bits per heavy atom. The van der Waals surface area contributed by atoms with E-state index in [1.54, 1.807) is 49.4 Å². The zero-order valence-corrected chi connectivity index (χ0v) is 16.8. The van der Waals surface area contributed by atoms with Crippen molar-refractivity contribution < 1.29 is 13.2 Å². The Morgan fingerprint density at radius 2 is 1.77 bits per heavy atom. The van der Waals surface area contributed by atoms with Crippen molar-refractivity contribution >= 4 is 50.5 Å². The van der Waals surface area contributed by atoms with Gasteiger partial charge in [0.25, 0.3) is 0 Å². The van der Waals surface area contributed by atoms with E-state index in [-0.39, 0.29) is 18.9 Å². The fourth-order valence-corrected chi connectivity index (χ4v) is 3.78. The second kappa shape index (κ2) is 8.75. The van der Waals surface area contributed by atoms with Crippen LogP contribution in [0.3, 0.4) is 0 Å². The van der Waals surface area contributed by atoms with Gasteiger partial charge in [0.1, 0.15) is 0 Å². The molecule has 2 aromatic rings. The van der Waals surface area contributed by atoms with Crippen LogP contribution in [-0.4, -0.2) is 27.1 Å². The fourth-order valence-electron chi connectivity index (χ4n) is 2.47. The number of hydrogen-bond acceptors (Lipinski definition) is 3. The van der Waals surface area contributed by atoms with Gasteiger partial charge >= 0.3 is 0 Å². The normalized spacial score (nSPS) is 11.2. The van der Waals surface area contributed by atoms with Gasteiger partial charge in [-0.2, -0.15) is 0 Å². The number of hydrogen-bond donors (Lipinski definition) is 1. The van der Waals surface area contributed by atoms with Crippen LogP contribution < -0.4 is 9.62 Å². The Bertz CT molecular complexity index is 884. The lowest BCUT2D eigenvalue weighted by Gasteiger charge is -2.24. The summed E-state index contributed by atoms with van der Waals surface area (Å²) in [5.74, 6) is -0.191. The van der Waals surface area contributed by atoms with Crippen LogP contribution in [0.25, 0.3) is 0 Å². The molecule has 5 nitrogen and oxygen atoms in total. The smallest absolute Gasteiger partial charge is 0.232 e. The number of carbonyl (C=O) groups excluding carboxylic acids is 1. The van der Waals surface area contributed by atoms with Gasteiger partial charge in [0.2, 0.25) is 15.9 Å². The molecule has 8 heteroatoms.